The maximum atomic E-state index is 6.23. The van der Waals surface area contributed by atoms with E-state index in [1.165, 1.54) is 11.1 Å². The first-order chi connectivity index (χ1) is 8.81. The van der Waals surface area contributed by atoms with Gasteiger partial charge in [0.2, 0.25) is 0 Å². The second-order valence-electron chi connectivity index (χ2n) is 6.90. The van der Waals surface area contributed by atoms with Gasteiger partial charge < -0.3 is 9.16 Å². The first-order valence-corrected chi connectivity index (χ1v) is 10.1. The van der Waals surface area contributed by atoms with Gasteiger partial charge in [0.25, 0.3) is 0 Å². The van der Waals surface area contributed by atoms with E-state index in [0.29, 0.717) is 0 Å². The van der Waals surface area contributed by atoms with Crippen molar-refractivity contribution in [3.05, 3.63) is 35.4 Å². The number of hydrogen-bond acceptors (Lipinski definition) is 2. The SMILES string of the molecule is CC(C)(C)[Si](C)(C)OCCC1OCc2ccccc21. The average molecular weight is 278 g/mol. The molecule has 1 heterocycles. The minimum atomic E-state index is -1.62. The number of ether oxygens (including phenoxy) is 1. The van der Waals surface area contributed by atoms with Crippen molar-refractivity contribution in [2.45, 2.75) is 58.0 Å². The molecule has 0 bridgehead atoms. The molecule has 2 rings (SSSR count). The Balaban J connectivity index is 1.88. The Morgan fingerprint density at radius 3 is 2.63 bits per heavy atom. The molecule has 0 N–H and O–H groups in total. The molecule has 0 saturated heterocycles. The molecular weight excluding hydrogens is 252 g/mol. The standard InChI is InChI=1S/C16H26O2Si/c1-16(2,3)19(4,5)18-11-10-15-14-9-7-6-8-13(14)12-17-15/h6-9,15H,10-12H2,1-5H3. The number of fused-ring (bicyclic) bond motifs is 1. The zero-order chi connectivity index (χ0) is 14.1. The van der Waals surface area contributed by atoms with Crippen molar-refractivity contribution in [3.8, 4) is 0 Å². The summed E-state index contributed by atoms with van der Waals surface area (Å²) in [5, 5.41) is 0.279. The molecule has 0 saturated carbocycles. The highest BCUT2D eigenvalue weighted by atomic mass is 28.4. The van der Waals surface area contributed by atoms with E-state index in [2.05, 4.69) is 58.1 Å². The fourth-order valence-electron chi connectivity index (χ4n) is 2.14. The van der Waals surface area contributed by atoms with Gasteiger partial charge in [-0.3, -0.25) is 0 Å². The van der Waals surface area contributed by atoms with Gasteiger partial charge in [0.15, 0.2) is 8.32 Å². The van der Waals surface area contributed by atoms with Crippen LogP contribution in [-0.4, -0.2) is 14.9 Å². The van der Waals surface area contributed by atoms with Gasteiger partial charge in [-0.05, 0) is 35.7 Å². The predicted molar refractivity (Wildman–Crippen MR) is 81.7 cm³/mol. The summed E-state index contributed by atoms with van der Waals surface area (Å²) in [7, 11) is -1.62. The Hall–Kier alpha value is -0.643. The van der Waals surface area contributed by atoms with E-state index >= 15 is 0 Å². The smallest absolute Gasteiger partial charge is 0.191 e. The molecule has 1 aromatic rings. The summed E-state index contributed by atoms with van der Waals surface area (Å²) in [5.74, 6) is 0. The molecule has 1 unspecified atom stereocenters. The van der Waals surface area contributed by atoms with E-state index in [9.17, 15) is 0 Å². The van der Waals surface area contributed by atoms with E-state index in [-0.39, 0.29) is 11.1 Å². The van der Waals surface area contributed by atoms with Crippen LogP contribution in [0, 0.1) is 0 Å². The van der Waals surface area contributed by atoms with Gasteiger partial charge in [-0.2, -0.15) is 0 Å². The fourth-order valence-corrected chi connectivity index (χ4v) is 3.20. The largest absolute Gasteiger partial charge is 0.417 e. The second-order valence-corrected chi connectivity index (χ2v) is 11.7. The lowest BCUT2D eigenvalue weighted by Gasteiger charge is -2.36. The van der Waals surface area contributed by atoms with Crippen LogP contribution >= 0.6 is 0 Å². The van der Waals surface area contributed by atoms with Crippen molar-refractivity contribution < 1.29 is 9.16 Å². The highest BCUT2D eigenvalue weighted by molar-refractivity contribution is 6.74. The normalized spacial score (nSPS) is 19.5. The molecule has 1 aromatic carbocycles. The van der Waals surface area contributed by atoms with Crippen LogP contribution in [0.5, 0.6) is 0 Å². The molecule has 3 heteroatoms. The number of benzene rings is 1. The van der Waals surface area contributed by atoms with Gasteiger partial charge in [-0.1, -0.05) is 45.0 Å². The number of rotatable bonds is 4. The van der Waals surface area contributed by atoms with Crippen LogP contribution in [0.1, 0.15) is 44.4 Å². The summed E-state index contributed by atoms with van der Waals surface area (Å²) in [4.78, 5) is 0. The number of hydrogen-bond donors (Lipinski definition) is 0. The van der Waals surface area contributed by atoms with E-state index in [1.54, 1.807) is 0 Å². The van der Waals surface area contributed by atoms with E-state index in [4.69, 9.17) is 9.16 Å². The second kappa shape index (κ2) is 5.39. The molecule has 1 aliphatic heterocycles. The molecule has 19 heavy (non-hydrogen) atoms. The third-order valence-corrected chi connectivity index (χ3v) is 9.03. The van der Waals surface area contributed by atoms with Crippen LogP contribution in [0.2, 0.25) is 18.1 Å². The molecular formula is C16H26O2Si. The molecule has 1 atom stereocenters. The third-order valence-electron chi connectivity index (χ3n) is 4.49. The van der Waals surface area contributed by atoms with Crippen LogP contribution in [0.25, 0.3) is 0 Å². The fraction of sp³-hybridized carbons (Fsp3) is 0.625. The first kappa shape index (κ1) is 14.8. The lowest BCUT2D eigenvalue weighted by atomic mass is 10.0. The summed E-state index contributed by atoms with van der Waals surface area (Å²) < 4.78 is 12.1. The van der Waals surface area contributed by atoms with Gasteiger partial charge in [0, 0.05) is 6.61 Å². The molecule has 106 valence electrons. The summed E-state index contributed by atoms with van der Waals surface area (Å²) in [6.45, 7) is 13.0. The molecule has 0 aliphatic carbocycles. The molecule has 2 nitrogen and oxygen atoms in total. The van der Waals surface area contributed by atoms with Crippen molar-refractivity contribution in [2.24, 2.45) is 0 Å². The Morgan fingerprint density at radius 2 is 1.95 bits per heavy atom. The summed E-state index contributed by atoms with van der Waals surface area (Å²) >= 11 is 0. The lowest BCUT2D eigenvalue weighted by Crippen LogP contribution is -2.41. The zero-order valence-electron chi connectivity index (χ0n) is 12.8. The van der Waals surface area contributed by atoms with Crippen LogP contribution < -0.4 is 0 Å². The van der Waals surface area contributed by atoms with Gasteiger partial charge in [0.1, 0.15) is 0 Å². The Labute approximate surface area is 118 Å². The van der Waals surface area contributed by atoms with E-state index in [0.717, 1.165) is 19.6 Å². The lowest BCUT2D eigenvalue weighted by molar-refractivity contribution is 0.0484. The molecule has 0 fully saturated rings. The summed E-state index contributed by atoms with van der Waals surface area (Å²) in [6, 6.07) is 8.51. The molecule has 1 aliphatic rings. The van der Waals surface area contributed by atoms with Gasteiger partial charge in [-0.15, -0.1) is 0 Å². The Bertz CT molecular complexity index is 435. The van der Waals surface area contributed by atoms with Crippen LogP contribution in [0.3, 0.4) is 0 Å². The first-order valence-electron chi connectivity index (χ1n) is 7.15. The molecule has 0 amide bonds. The van der Waals surface area contributed by atoms with Crippen LogP contribution in [-0.2, 0) is 15.8 Å². The van der Waals surface area contributed by atoms with Crippen LogP contribution in [0.4, 0.5) is 0 Å². The minimum Gasteiger partial charge on any atom is -0.417 e. The van der Waals surface area contributed by atoms with Crippen molar-refractivity contribution in [1.29, 1.82) is 0 Å². The maximum absolute atomic E-state index is 6.23. The molecule has 0 spiro atoms. The predicted octanol–water partition coefficient (Wildman–Crippen LogP) is 4.67. The summed E-state index contributed by atoms with van der Waals surface area (Å²) in [5.41, 5.74) is 2.68. The van der Waals surface area contributed by atoms with Crippen LogP contribution in [0.15, 0.2) is 24.3 Å². The van der Waals surface area contributed by atoms with Crippen molar-refractivity contribution >= 4 is 8.32 Å². The van der Waals surface area contributed by atoms with Gasteiger partial charge in [0.05, 0.1) is 12.7 Å². The molecule has 0 radical (unpaired) electrons. The highest BCUT2D eigenvalue weighted by Crippen LogP contribution is 2.38. The maximum Gasteiger partial charge on any atom is 0.191 e. The Morgan fingerprint density at radius 1 is 1.26 bits per heavy atom. The third kappa shape index (κ3) is 3.27. The minimum absolute atomic E-state index is 0.223. The average Bonchev–Trinajstić information content (AvgIpc) is 2.71. The van der Waals surface area contributed by atoms with Crippen molar-refractivity contribution in [3.63, 3.8) is 0 Å². The van der Waals surface area contributed by atoms with Crippen molar-refractivity contribution in [1.82, 2.24) is 0 Å². The Kier molecular flexibility index (Phi) is 4.19. The quantitative estimate of drug-likeness (QED) is 0.745. The monoisotopic (exact) mass is 278 g/mol. The zero-order valence-corrected chi connectivity index (χ0v) is 13.8. The van der Waals surface area contributed by atoms with E-state index < -0.39 is 8.32 Å². The van der Waals surface area contributed by atoms with Gasteiger partial charge in [-0.25, -0.2) is 0 Å². The topological polar surface area (TPSA) is 18.5 Å². The van der Waals surface area contributed by atoms with Gasteiger partial charge >= 0.3 is 0 Å². The van der Waals surface area contributed by atoms with E-state index in [1.807, 2.05) is 0 Å². The van der Waals surface area contributed by atoms with Crippen molar-refractivity contribution in [2.75, 3.05) is 6.61 Å². The molecule has 0 aromatic heterocycles. The summed E-state index contributed by atoms with van der Waals surface area (Å²) in [6.07, 6.45) is 1.18. The highest BCUT2D eigenvalue weighted by Gasteiger charge is 2.37.